The highest BCUT2D eigenvalue weighted by Gasteiger charge is 2.11. The van der Waals surface area contributed by atoms with Crippen LogP contribution in [-0.2, 0) is 6.54 Å². The second-order valence-electron chi connectivity index (χ2n) is 6.07. The summed E-state index contributed by atoms with van der Waals surface area (Å²) in [6, 6.07) is 19.5. The highest BCUT2D eigenvalue weighted by molar-refractivity contribution is 5.96. The first kappa shape index (κ1) is 16.1. The summed E-state index contributed by atoms with van der Waals surface area (Å²) in [5.74, 6) is 1.10. The van der Waals surface area contributed by atoms with E-state index in [4.69, 9.17) is 4.42 Å². The van der Waals surface area contributed by atoms with Crippen LogP contribution >= 0.6 is 0 Å². The number of aromatic nitrogens is 2. The average Bonchev–Trinajstić information content (AvgIpc) is 3.32. The van der Waals surface area contributed by atoms with Crippen molar-refractivity contribution in [2.75, 3.05) is 6.54 Å². The number of imidazole rings is 1. The molecule has 0 bridgehead atoms. The van der Waals surface area contributed by atoms with Gasteiger partial charge in [0.2, 0.25) is 0 Å². The van der Waals surface area contributed by atoms with Gasteiger partial charge in [0.05, 0.1) is 0 Å². The second-order valence-corrected chi connectivity index (χ2v) is 6.07. The molecule has 4 aromatic rings. The molecular formula is C21H19N3O2. The first-order chi connectivity index (χ1) is 12.8. The van der Waals surface area contributed by atoms with Gasteiger partial charge in [0, 0.05) is 36.4 Å². The molecule has 0 spiro atoms. The highest BCUT2D eigenvalue weighted by atomic mass is 16.3. The predicted octanol–water partition coefficient (Wildman–Crippen LogP) is 4.12. The number of nitrogens with one attached hydrogen (secondary N) is 1. The van der Waals surface area contributed by atoms with Crippen molar-refractivity contribution in [1.29, 1.82) is 0 Å². The molecule has 1 amide bonds. The number of aryl methyl sites for hydroxylation is 1. The fraction of sp³-hybridized carbons (Fsp3) is 0.143. The Morgan fingerprint density at radius 1 is 1.08 bits per heavy atom. The Bertz CT molecular complexity index is 985. The van der Waals surface area contributed by atoms with Gasteiger partial charge in [0.15, 0.2) is 5.76 Å². The zero-order chi connectivity index (χ0) is 17.8. The van der Waals surface area contributed by atoms with Crippen LogP contribution in [0.2, 0.25) is 0 Å². The molecule has 2 aromatic carbocycles. The molecule has 1 N–H and O–H groups in total. The summed E-state index contributed by atoms with van der Waals surface area (Å²) in [6.07, 6.45) is 4.57. The van der Waals surface area contributed by atoms with Crippen molar-refractivity contribution in [1.82, 2.24) is 14.9 Å². The largest absolute Gasteiger partial charge is 0.451 e. The van der Waals surface area contributed by atoms with Gasteiger partial charge in [0.1, 0.15) is 11.4 Å². The highest BCUT2D eigenvalue weighted by Crippen LogP contribution is 2.19. The Morgan fingerprint density at radius 2 is 1.88 bits per heavy atom. The molecule has 0 saturated heterocycles. The van der Waals surface area contributed by atoms with E-state index in [1.54, 1.807) is 12.3 Å². The van der Waals surface area contributed by atoms with Gasteiger partial charge in [0.25, 0.3) is 5.91 Å². The molecule has 0 aliphatic carbocycles. The monoisotopic (exact) mass is 345 g/mol. The quantitative estimate of drug-likeness (QED) is 0.535. The minimum atomic E-state index is -0.185. The van der Waals surface area contributed by atoms with Crippen molar-refractivity contribution in [2.45, 2.75) is 13.0 Å². The van der Waals surface area contributed by atoms with E-state index in [1.807, 2.05) is 60.8 Å². The molecule has 0 aliphatic rings. The van der Waals surface area contributed by atoms with E-state index in [9.17, 15) is 4.79 Å². The number of benzene rings is 2. The molecule has 0 radical (unpaired) electrons. The normalized spacial score (nSPS) is 10.9. The van der Waals surface area contributed by atoms with Crippen LogP contribution in [0.5, 0.6) is 0 Å². The molecule has 0 fully saturated rings. The number of furan rings is 1. The van der Waals surface area contributed by atoms with Crippen molar-refractivity contribution in [3.8, 4) is 11.4 Å². The Balaban J connectivity index is 1.33. The summed E-state index contributed by atoms with van der Waals surface area (Å²) in [5, 5.41) is 3.85. The minimum Gasteiger partial charge on any atom is -0.451 e. The maximum atomic E-state index is 12.2. The van der Waals surface area contributed by atoms with Gasteiger partial charge in [-0.25, -0.2) is 4.98 Å². The summed E-state index contributed by atoms with van der Waals surface area (Å²) >= 11 is 0. The number of rotatable bonds is 6. The summed E-state index contributed by atoms with van der Waals surface area (Å²) < 4.78 is 7.68. The number of hydrogen-bond acceptors (Lipinski definition) is 3. The summed E-state index contributed by atoms with van der Waals surface area (Å²) in [7, 11) is 0. The van der Waals surface area contributed by atoms with Crippen molar-refractivity contribution in [3.63, 3.8) is 0 Å². The van der Waals surface area contributed by atoms with E-state index in [0.29, 0.717) is 12.3 Å². The lowest BCUT2D eigenvalue weighted by atomic mass is 10.2. The fourth-order valence-electron chi connectivity index (χ4n) is 2.97. The molecule has 5 heteroatoms. The van der Waals surface area contributed by atoms with Crippen molar-refractivity contribution in [3.05, 3.63) is 78.8 Å². The number of carbonyl (C=O) groups is 1. The van der Waals surface area contributed by atoms with Gasteiger partial charge in [-0.1, -0.05) is 48.5 Å². The van der Waals surface area contributed by atoms with Crippen LogP contribution in [0, 0.1) is 0 Å². The fourth-order valence-corrected chi connectivity index (χ4v) is 2.97. The van der Waals surface area contributed by atoms with Crippen LogP contribution < -0.4 is 5.32 Å². The van der Waals surface area contributed by atoms with Gasteiger partial charge < -0.3 is 14.3 Å². The molecule has 0 aliphatic heterocycles. The van der Waals surface area contributed by atoms with E-state index < -0.39 is 0 Å². The smallest absolute Gasteiger partial charge is 0.287 e. The molecule has 2 aromatic heterocycles. The third-order valence-electron chi connectivity index (χ3n) is 4.26. The molecule has 0 saturated carbocycles. The lowest BCUT2D eigenvalue weighted by Crippen LogP contribution is -2.24. The summed E-state index contributed by atoms with van der Waals surface area (Å²) in [4.78, 5) is 16.7. The number of hydrogen-bond donors (Lipinski definition) is 1. The van der Waals surface area contributed by atoms with E-state index >= 15 is 0 Å². The van der Waals surface area contributed by atoms with Crippen molar-refractivity contribution < 1.29 is 9.21 Å². The zero-order valence-electron chi connectivity index (χ0n) is 14.3. The van der Waals surface area contributed by atoms with Crippen LogP contribution in [0.3, 0.4) is 0 Å². The first-order valence-electron chi connectivity index (χ1n) is 8.64. The molecule has 2 heterocycles. The lowest BCUT2D eigenvalue weighted by molar-refractivity contribution is 0.0927. The molecule has 5 nitrogen and oxygen atoms in total. The summed E-state index contributed by atoms with van der Waals surface area (Å²) in [5.41, 5.74) is 1.81. The Hall–Kier alpha value is -3.34. The van der Waals surface area contributed by atoms with E-state index in [1.165, 1.54) is 0 Å². The predicted molar refractivity (Wildman–Crippen MR) is 101 cm³/mol. The number of amides is 1. The maximum absolute atomic E-state index is 12.2. The molecule has 130 valence electrons. The molecular weight excluding hydrogens is 326 g/mol. The molecule has 4 rings (SSSR count). The number of carbonyl (C=O) groups excluding carboxylic acids is 1. The van der Waals surface area contributed by atoms with Crippen molar-refractivity contribution in [2.24, 2.45) is 0 Å². The third-order valence-corrected chi connectivity index (χ3v) is 4.26. The number of para-hydroxylation sites is 1. The lowest BCUT2D eigenvalue weighted by Gasteiger charge is -2.08. The SMILES string of the molecule is O=C(NCCCn1ccnc1-c1ccccc1)c1cc2ccccc2o1. The van der Waals surface area contributed by atoms with Gasteiger partial charge >= 0.3 is 0 Å². The Kier molecular flexibility index (Phi) is 4.51. The Morgan fingerprint density at radius 3 is 2.73 bits per heavy atom. The standard InChI is InChI=1S/C21H19N3O2/c25-21(19-15-17-9-4-5-10-18(17)26-19)23-11-6-13-24-14-12-22-20(24)16-7-2-1-3-8-16/h1-5,7-10,12,14-15H,6,11,13H2,(H,23,25). The minimum absolute atomic E-state index is 0.185. The van der Waals surface area contributed by atoms with Crippen LogP contribution in [0.25, 0.3) is 22.4 Å². The third kappa shape index (κ3) is 3.37. The zero-order valence-corrected chi connectivity index (χ0v) is 14.3. The number of fused-ring (bicyclic) bond motifs is 1. The first-order valence-corrected chi connectivity index (χ1v) is 8.64. The summed E-state index contributed by atoms with van der Waals surface area (Å²) in [6.45, 7) is 1.35. The van der Waals surface area contributed by atoms with Gasteiger partial charge in [-0.3, -0.25) is 4.79 Å². The van der Waals surface area contributed by atoms with Crippen LogP contribution in [0.1, 0.15) is 17.0 Å². The van der Waals surface area contributed by atoms with Gasteiger partial charge in [-0.15, -0.1) is 0 Å². The van der Waals surface area contributed by atoms with Crippen LogP contribution in [0.15, 0.2) is 77.5 Å². The second kappa shape index (κ2) is 7.27. The van der Waals surface area contributed by atoms with Crippen LogP contribution in [0.4, 0.5) is 0 Å². The average molecular weight is 345 g/mol. The van der Waals surface area contributed by atoms with Crippen molar-refractivity contribution >= 4 is 16.9 Å². The molecule has 0 unspecified atom stereocenters. The van der Waals surface area contributed by atoms with Gasteiger partial charge in [-0.2, -0.15) is 0 Å². The van der Waals surface area contributed by atoms with E-state index in [-0.39, 0.29) is 5.91 Å². The molecule has 26 heavy (non-hydrogen) atoms. The van der Waals surface area contributed by atoms with Crippen LogP contribution in [-0.4, -0.2) is 22.0 Å². The molecule has 0 atom stereocenters. The van der Waals surface area contributed by atoms with E-state index in [2.05, 4.69) is 14.9 Å². The Labute approximate surface area is 151 Å². The van der Waals surface area contributed by atoms with E-state index in [0.717, 1.165) is 35.3 Å². The van der Waals surface area contributed by atoms with Gasteiger partial charge in [-0.05, 0) is 18.6 Å². The maximum Gasteiger partial charge on any atom is 0.287 e. The topological polar surface area (TPSA) is 60.1 Å². The number of nitrogens with zero attached hydrogens (tertiary/aromatic N) is 2.